The van der Waals surface area contributed by atoms with Gasteiger partial charge in [-0.25, -0.2) is 0 Å². The van der Waals surface area contributed by atoms with Gasteiger partial charge in [0.2, 0.25) is 0 Å². The molecule has 3 heteroatoms. The van der Waals surface area contributed by atoms with Gasteiger partial charge in [-0.05, 0) is 19.1 Å². The number of aliphatic hydroxyl groups is 1. The Kier molecular flexibility index (Phi) is 4.50. The molecule has 0 saturated carbocycles. The summed E-state index contributed by atoms with van der Waals surface area (Å²) in [6.45, 7) is 2.12. The van der Waals surface area contributed by atoms with Crippen molar-refractivity contribution in [3.8, 4) is 5.75 Å². The van der Waals surface area contributed by atoms with Gasteiger partial charge >= 0.3 is 0 Å². The normalized spacial score (nSPS) is 13.1. The zero-order valence-corrected chi connectivity index (χ0v) is 8.74. The summed E-state index contributed by atoms with van der Waals surface area (Å²) in [5, 5.41) is 9.44. The fraction of sp³-hybridized carbons (Fsp3) is 0.273. The molecule has 2 nitrogen and oxygen atoms in total. The van der Waals surface area contributed by atoms with Crippen molar-refractivity contribution in [2.24, 2.45) is 0 Å². The van der Waals surface area contributed by atoms with E-state index in [-0.39, 0.29) is 0 Å². The first-order valence-electron chi connectivity index (χ1n) is 4.40. The molecule has 1 aromatic carbocycles. The molecule has 0 aliphatic heterocycles. The Bertz CT molecular complexity index is 308. The molecule has 0 spiro atoms. The van der Waals surface area contributed by atoms with Gasteiger partial charge in [-0.1, -0.05) is 29.8 Å². The Morgan fingerprint density at radius 2 is 2.21 bits per heavy atom. The van der Waals surface area contributed by atoms with Crippen LogP contribution in [0.25, 0.3) is 0 Å². The van der Waals surface area contributed by atoms with Crippen LogP contribution in [0.4, 0.5) is 0 Å². The third-order valence-electron chi connectivity index (χ3n) is 1.79. The highest BCUT2D eigenvalue weighted by Crippen LogP contribution is 2.24. The molecule has 76 valence electrons. The maximum absolute atomic E-state index is 9.44. The third kappa shape index (κ3) is 3.05. The fourth-order valence-corrected chi connectivity index (χ4v) is 1.20. The van der Waals surface area contributed by atoms with E-state index in [0.29, 0.717) is 12.4 Å². The number of para-hydroxylation sites is 1. The van der Waals surface area contributed by atoms with Crippen LogP contribution >= 0.6 is 11.6 Å². The van der Waals surface area contributed by atoms with Crippen LogP contribution in [0, 0.1) is 0 Å². The predicted octanol–water partition coefficient (Wildman–Crippen LogP) is 2.87. The maximum Gasteiger partial charge on any atom is 0.125 e. The van der Waals surface area contributed by atoms with E-state index in [2.05, 4.69) is 0 Å². The Labute approximate surface area is 88.8 Å². The topological polar surface area (TPSA) is 29.5 Å². The summed E-state index contributed by atoms with van der Waals surface area (Å²) >= 11 is 5.36. The standard InChI is InChI=1S/C11H13ClO2/c1-9(13)10-5-2-3-6-11(10)14-8-4-7-12/h2-7,9,13H,8H2,1H3/t9-/m1/s1. The monoisotopic (exact) mass is 212 g/mol. The number of ether oxygens (including phenoxy) is 1. The van der Waals surface area contributed by atoms with E-state index in [1.807, 2.05) is 24.3 Å². The van der Waals surface area contributed by atoms with Crippen molar-refractivity contribution in [3.05, 3.63) is 41.4 Å². The van der Waals surface area contributed by atoms with E-state index in [9.17, 15) is 5.11 Å². The second-order valence-corrected chi connectivity index (χ2v) is 3.14. The molecular weight excluding hydrogens is 200 g/mol. The van der Waals surface area contributed by atoms with Crippen LogP contribution < -0.4 is 4.74 Å². The molecule has 0 heterocycles. The van der Waals surface area contributed by atoms with Crippen molar-refractivity contribution in [1.29, 1.82) is 0 Å². The summed E-state index contributed by atoms with van der Waals surface area (Å²) in [5.74, 6) is 0.692. The van der Waals surface area contributed by atoms with Gasteiger partial charge in [-0.3, -0.25) is 0 Å². The molecule has 1 N–H and O–H groups in total. The van der Waals surface area contributed by atoms with Crippen LogP contribution in [-0.4, -0.2) is 11.7 Å². The van der Waals surface area contributed by atoms with Gasteiger partial charge in [0.1, 0.15) is 12.4 Å². The van der Waals surface area contributed by atoms with E-state index >= 15 is 0 Å². The van der Waals surface area contributed by atoms with Crippen molar-refractivity contribution >= 4 is 11.6 Å². The number of rotatable bonds is 4. The highest BCUT2D eigenvalue weighted by Gasteiger charge is 2.06. The molecule has 0 fully saturated rings. The van der Waals surface area contributed by atoms with Crippen LogP contribution in [0.5, 0.6) is 5.75 Å². The van der Waals surface area contributed by atoms with E-state index < -0.39 is 6.10 Å². The Balaban J connectivity index is 2.74. The molecule has 0 aliphatic rings. The second-order valence-electron chi connectivity index (χ2n) is 2.89. The minimum atomic E-state index is -0.522. The second kappa shape index (κ2) is 5.68. The lowest BCUT2D eigenvalue weighted by Crippen LogP contribution is -1.99. The van der Waals surface area contributed by atoms with Crippen molar-refractivity contribution < 1.29 is 9.84 Å². The molecule has 0 saturated heterocycles. The number of benzene rings is 1. The molecule has 0 aromatic heterocycles. The molecule has 14 heavy (non-hydrogen) atoms. The molecule has 1 rings (SSSR count). The SMILES string of the molecule is C[C@@H](O)c1ccccc1OCC=CCl. The van der Waals surface area contributed by atoms with Crippen LogP contribution in [0.3, 0.4) is 0 Å². The Hall–Kier alpha value is -0.990. The molecule has 1 aromatic rings. The largest absolute Gasteiger partial charge is 0.489 e. The lowest BCUT2D eigenvalue weighted by Gasteiger charge is -2.11. The highest BCUT2D eigenvalue weighted by atomic mass is 35.5. The number of hydrogen-bond donors (Lipinski definition) is 1. The summed E-state index contributed by atoms with van der Waals surface area (Å²) in [6, 6.07) is 7.40. The summed E-state index contributed by atoms with van der Waals surface area (Å²) in [6.07, 6.45) is 1.17. The first-order valence-corrected chi connectivity index (χ1v) is 4.84. The summed E-state index contributed by atoms with van der Waals surface area (Å²) in [7, 11) is 0. The third-order valence-corrected chi connectivity index (χ3v) is 1.97. The molecule has 0 amide bonds. The summed E-state index contributed by atoms with van der Waals surface area (Å²) < 4.78 is 5.41. The van der Waals surface area contributed by atoms with E-state index in [1.165, 1.54) is 5.54 Å². The zero-order valence-electron chi connectivity index (χ0n) is 7.98. The van der Waals surface area contributed by atoms with Crippen LogP contribution in [-0.2, 0) is 0 Å². The first-order chi connectivity index (χ1) is 6.75. The van der Waals surface area contributed by atoms with Gasteiger partial charge in [0.25, 0.3) is 0 Å². The van der Waals surface area contributed by atoms with E-state index in [4.69, 9.17) is 16.3 Å². The Morgan fingerprint density at radius 3 is 2.86 bits per heavy atom. The molecule has 0 bridgehead atoms. The summed E-state index contributed by atoms with van der Waals surface area (Å²) in [4.78, 5) is 0. The fourth-order valence-electron chi connectivity index (χ4n) is 1.13. The van der Waals surface area contributed by atoms with Gasteiger partial charge in [-0.15, -0.1) is 0 Å². The van der Waals surface area contributed by atoms with Crippen molar-refractivity contribution in [1.82, 2.24) is 0 Å². The van der Waals surface area contributed by atoms with Crippen LogP contribution in [0.2, 0.25) is 0 Å². The highest BCUT2D eigenvalue weighted by molar-refractivity contribution is 6.25. The summed E-state index contributed by atoms with van der Waals surface area (Å²) in [5.41, 5.74) is 2.20. The lowest BCUT2D eigenvalue weighted by molar-refractivity contribution is 0.193. The van der Waals surface area contributed by atoms with Crippen molar-refractivity contribution in [2.75, 3.05) is 6.61 Å². The molecule has 0 aliphatic carbocycles. The minimum absolute atomic E-state index is 0.410. The van der Waals surface area contributed by atoms with E-state index in [0.717, 1.165) is 5.56 Å². The van der Waals surface area contributed by atoms with Gasteiger partial charge in [0.05, 0.1) is 6.10 Å². The van der Waals surface area contributed by atoms with Crippen LogP contribution in [0.1, 0.15) is 18.6 Å². The Morgan fingerprint density at radius 1 is 1.50 bits per heavy atom. The van der Waals surface area contributed by atoms with E-state index in [1.54, 1.807) is 13.0 Å². The van der Waals surface area contributed by atoms with Crippen LogP contribution in [0.15, 0.2) is 35.9 Å². The number of aliphatic hydroxyl groups excluding tert-OH is 1. The maximum atomic E-state index is 9.44. The number of halogens is 1. The quantitative estimate of drug-likeness (QED) is 0.832. The predicted molar refractivity (Wildman–Crippen MR) is 57.6 cm³/mol. The van der Waals surface area contributed by atoms with Crippen molar-refractivity contribution in [2.45, 2.75) is 13.0 Å². The zero-order chi connectivity index (χ0) is 10.4. The molecule has 0 unspecified atom stereocenters. The number of hydrogen-bond acceptors (Lipinski definition) is 2. The lowest BCUT2D eigenvalue weighted by atomic mass is 10.1. The first kappa shape index (κ1) is 11.1. The van der Waals surface area contributed by atoms with Crippen molar-refractivity contribution in [3.63, 3.8) is 0 Å². The average molecular weight is 213 g/mol. The van der Waals surface area contributed by atoms with Gasteiger partial charge in [0.15, 0.2) is 0 Å². The molecule has 1 atom stereocenters. The van der Waals surface area contributed by atoms with Gasteiger partial charge in [-0.2, -0.15) is 0 Å². The average Bonchev–Trinajstić information content (AvgIpc) is 2.19. The van der Waals surface area contributed by atoms with Gasteiger partial charge in [0, 0.05) is 11.1 Å². The smallest absolute Gasteiger partial charge is 0.125 e. The van der Waals surface area contributed by atoms with Gasteiger partial charge < -0.3 is 9.84 Å². The molecular formula is C11H13ClO2. The molecule has 0 radical (unpaired) electrons. The minimum Gasteiger partial charge on any atom is -0.489 e.